The highest BCUT2D eigenvalue weighted by molar-refractivity contribution is 5.63. The van der Waals surface area contributed by atoms with E-state index in [2.05, 4.69) is 48.0 Å². The Morgan fingerprint density at radius 3 is 2.00 bits per heavy atom. The molecule has 4 rings (SSSR count). The number of nitrogens with one attached hydrogen (secondary N) is 1. The van der Waals surface area contributed by atoms with Crippen molar-refractivity contribution < 1.29 is 8.78 Å². The Bertz CT molecular complexity index is 1000. The van der Waals surface area contributed by atoms with Crippen LogP contribution in [0.4, 0.5) is 8.78 Å². The lowest BCUT2D eigenvalue weighted by atomic mass is 9.82. The summed E-state index contributed by atoms with van der Waals surface area (Å²) in [4.78, 5) is 2.41. The second-order valence-corrected chi connectivity index (χ2v) is 8.28. The molecule has 1 N–H and O–H groups in total. The van der Waals surface area contributed by atoms with E-state index < -0.39 is 0 Å². The van der Waals surface area contributed by atoms with E-state index in [1.54, 1.807) is 12.1 Å². The number of hydrogen-bond donors (Lipinski definition) is 1. The number of hydrogen-bond acceptors (Lipinski definition) is 2. The molecule has 160 valence electrons. The molecule has 0 aromatic heterocycles. The molecule has 2 atom stereocenters. The summed E-state index contributed by atoms with van der Waals surface area (Å²) in [6.07, 6.45) is 3.65. The number of halogens is 2. The molecular formula is C27H28F2N2. The van der Waals surface area contributed by atoms with Gasteiger partial charge >= 0.3 is 0 Å². The molecule has 2 nitrogen and oxygen atoms in total. The van der Waals surface area contributed by atoms with Gasteiger partial charge in [-0.15, -0.1) is 6.58 Å². The average molecular weight is 419 g/mol. The van der Waals surface area contributed by atoms with Gasteiger partial charge in [0.05, 0.1) is 0 Å². The van der Waals surface area contributed by atoms with E-state index in [0.717, 1.165) is 42.7 Å². The van der Waals surface area contributed by atoms with Crippen molar-refractivity contribution in [2.75, 3.05) is 13.2 Å². The second kappa shape index (κ2) is 9.13. The van der Waals surface area contributed by atoms with Crippen molar-refractivity contribution in [3.05, 3.63) is 108 Å². The quantitative estimate of drug-likeness (QED) is 0.465. The van der Waals surface area contributed by atoms with Crippen molar-refractivity contribution >= 4 is 0 Å². The minimum Gasteiger partial charge on any atom is -0.294 e. The first-order valence-corrected chi connectivity index (χ1v) is 10.7. The van der Waals surface area contributed by atoms with Crippen LogP contribution < -0.4 is 5.32 Å². The molecule has 0 amide bonds. The molecule has 1 fully saturated rings. The van der Waals surface area contributed by atoms with Crippen LogP contribution in [-0.2, 0) is 5.54 Å². The summed E-state index contributed by atoms with van der Waals surface area (Å²) in [7, 11) is 0. The Hall–Kier alpha value is -2.82. The molecule has 0 spiro atoms. The summed E-state index contributed by atoms with van der Waals surface area (Å²) >= 11 is 0. The Morgan fingerprint density at radius 2 is 1.48 bits per heavy atom. The zero-order chi connectivity index (χ0) is 21.8. The highest BCUT2D eigenvalue weighted by Gasteiger charge is 2.36. The van der Waals surface area contributed by atoms with E-state index in [1.807, 2.05) is 18.2 Å². The van der Waals surface area contributed by atoms with Crippen molar-refractivity contribution in [3.8, 4) is 11.1 Å². The highest BCUT2D eigenvalue weighted by Crippen LogP contribution is 2.35. The van der Waals surface area contributed by atoms with Crippen LogP contribution in [0.3, 0.4) is 0 Å². The van der Waals surface area contributed by atoms with Crippen LogP contribution in [0.25, 0.3) is 11.1 Å². The molecule has 1 unspecified atom stereocenters. The van der Waals surface area contributed by atoms with Gasteiger partial charge in [0.15, 0.2) is 0 Å². The van der Waals surface area contributed by atoms with E-state index >= 15 is 0 Å². The van der Waals surface area contributed by atoms with Gasteiger partial charge in [0.25, 0.3) is 0 Å². The van der Waals surface area contributed by atoms with E-state index in [1.165, 1.54) is 29.8 Å². The predicted octanol–water partition coefficient (Wildman–Crippen LogP) is 6.42. The lowest BCUT2D eigenvalue weighted by molar-refractivity contribution is 0.0911. The van der Waals surface area contributed by atoms with Gasteiger partial charge in [-0.25, -0.2) is 8.78 Å². The lowest BCUT2D eigenvalue weighted by Crippen LogP contribution is -2.55. The van der Waals surface area contributed by atoms with Crippen molar-refractivity contribution in [1.82, 2.24) is 10.2 Å². The molecule has 1 aliphatic rings. The summed E-state index contributed by atoms with van der Waals surface area (Å²) < 4.78 is 26.6. The van der Waals surface area contributed by atoms with Crippen LogP contribution in [0.1, 0.15) is 36.9 Å². The molecule has 3 aromatic rings. The molecule has 1 heterocycles. The summed E-state index contributed by atoms with van der Waals surface area (Å²) in [6.45, 7) is 7.82. The lowest BCUT2D eigenvalue weighted by Gasteiger charge is -2.45. The van der Waals surface area contributed by atoms with Gasteiger partial charge in [0, 0.05) is 24.8 Å². The van der Waals surface area contributed by atoms with Crippen molar-refractivity contribution in [2.24, 2.45) is 0 Å². The summed E-state index contributed by atoms with van der Waals surface area (Å²) in [5, 5.41) is 3.71. The van der Waals surface area contributed by atoms with Gasteiger partial charge in [0.2, 0.25) is 0 Å². The van der Waals surface area contributed by atoms with Gasteiger partial charge in [-0.1, -0.05) is 54.6 Å². The fourth-order valence-electron chi connectivity index (χ4n) is 4.45. The Labute approximate surface area is 183 Å². The minimum absolute atomic E-state index is 0.210. The van der Waals surface area contributed by atoms with Crippen molar-refractivity contribution in [2.45, 2.75) is 31.3 Å². The van der Waals surface area contributed by atoms with Gasteiger partial charge in [-0.3, -0.25) is 10.2 Å². The minimum atomic E-state index is -0.222. The molecule has 1 aliphatic heterocycles. The number of benzene rings is 3. The maximum atomic E-state index is 13.4. The third-order valence-corrected chi connectivity index (χ3v) is 6.45. The van der Waals surface area contributed by atoms with Crippen LogP contribution >= 0.6 is 0 Å². The second-order valence-electron chi connectivity index (χ2n) is 8.28. The number of rotatable bonds is 6. The van der Waals surface area contributed by atoms with Gasteiger partial charge < -0.3 is 0 Å². The van der Waals surface area contributed by atoms with E-state index in [4.69, 9.17) is 0 Å². The van der Waals surface area contributed by atoms with Crippen LogP contribution in [0.15, 0.2) is 85.5 Å². The molecule has 0 bridgehead atoms. The molecule has 0 aliphatic carbocycles. The maximum absolute atomic E-state index is 13.4. The molecule has 31 heavy (non-hydrogen) atoms. The fraction of sp³-hybridized carbons (Fsp3) is 0.259. The van der Waals surface area contributed by atoms with E-state index in [-0.39, 0.29) is 23.2 Å². The molecule has 0 radical (unpaired) electrons. The van der Waals surface area contributed by atoms with Gasteiger partial charge in [-0.2, -0.15) is 0 Å². The number of nitrogens with zero attached hydrogens (tertiary/aromatic N) is 1. The van der Waals surface area contributed by atoms with E-state index in [0.29, 0.717) is 0 Å². The largest absolute Gasteiger partial charge is 0.294 e. The smallest absolute Gasteiger partial charge is 0.123 e. The summed E-state index contributed by atoms with van der Waals surface area (Å²) in [6, 6.07) is 22.1. The molecule has 0 saturated carbocycles. The van der Waals surface area contributed by atoms with Crippen LogP contribution in [0.5, 0.6) is 0 Å². The zero-order valence-electron chi connectivity index (χ0n) is 17.8. The molecule has 1 saturated heterocycles. The molecule has 4 heteroatoms. The average Bonchev–Trinajstić information content (AvgIpc) is 2.80. The Morgan fingerprint density at radius 1 is 0.935 bits per heavy atom. The van der Waals surface area contributed by atoms with Crippen molar-refractivity contribution in [1.29, 1.82) is 0 Å². The van der Waals surface area contributed by atoms with Gasteiger partial charge in [0.1, 0.15) is 11.6 Å². The molecule has 3 aromatic carbocycles. The summed E-state index contributed by atoms with van der Waals surface area (Å²) in [5.41, 5.74) is 4.22. The first kappa shape index (κ1) is 21.4. The van der Waals surface area contributed by atoms with Gasteiger partial charge in [-0.05, 0) is 66.3 Å². The third-order valence-electron chi connectivity index (χ3n) is 6.45. The first-order valence-electron chi connectivity index (χ1n) is 10.7. The Kier molecular flexibility index (Phi) is 6.30. The van der Waals surface area contributed by atoms with Crippen LogP contribution in [0.2, 0.25) is 0 Å². The SMILES string of the molecule is C=CCC1(c2ccc(F)cc2)CCN([C@@H](C)c2ccc(-c3ccc(F)cc3)cc2)CN1. The fourth-order valence-corrected chi connectivity index (χ4v) is 4.45. The van der Waals surface area contributed by atoms with Crippen molar-refractivity contribution in [3.63, 3.8) is 0 Å². The standard InChI is InChI=1S/C27H28F2N2/c1-3-16-27(24-10-14-26(29)15-11-24)17-18-31(19-30-27)20(2)21-4-6-22(7-5-21)23-8-12-25(28)13-9-23/h3-15,20,30H,1,16-19H2,2H3/t20-,27?/m0/s1. The third kappa shape index (κ3) is 4.60. The first-order chi connectivity index (χ1) is 15.0. The Balaban J connectivity index is 1.45. The highest BCUT2D eigenvalue weighted by atomic mass is 19.1. The molecular weight excluding hydrogens is 390 g/mol. The normalized spacial score (nSPS) is 20.4. The monoisotopic (exact) mass is 418 g/mol. The topological polar surface area (TPSA) is 15.3 Å². The predicted molar refractivity (Wildman–Crippen MR) is 122 cm³/mol. The summed E-state index contributed by atoms with van der Waals surface area (Å²) in [5.74, 6) is -0.438. The van der Waals surface area contributed by atoms with Crippen LogP contribution in [0, 0.1) is 11.6 Å². The van der Waals surface area contributed by atoms with Crippen LogP contribution in [-0.4, -0.2) is 18.1 Å². The maximum Gasteiger partial charge on any atom is 0.123 e. The zero-order valence-corrected chi connectivity index (χ0v) is 17.8. The van der Waals surface area contributed by atoms with E-state index in [9.17, 15) is 8.78 Å².